The van der Waals surface area contributed by atoms with E-state index in [-0.39, 0.29) is 0 Å². The molecule has 0 fully saturated rings. The second-order valence-corrected chi connectivity index (χ2v) is 4.15. The second-order valence-electron chi connectivity index (χ2n) is 3.14. The lowest BCUT2D eigenvalue weighted by Crippen LogP contribution is -1.99. The van der Waals surface area contributed by atoms with Crippen molar-refractivity contribution in [1.29, 1.82) is 0 Å². The number of nitrogens with zero attached hydrogens (tertiary/aromatic N) is 2. The van der Waals surface area contributed by atoms with Crippen LogP contribution in [0.15, 0.2) is 40.4 Å². The smallest absolute Gasteiger partial charge is 0.196 e. The minimum Gasteiger partial charge on any atom is -0.398 e. The number of anilines is 3. The molecule has 0 spiro atoms. The molecule has 0 atom stereocenters. The highest BCUT2D eigenvalue weighted by molar-refractivity contribution is 7.99. The summed E-state index contributed by atoms with van der Waals surface area (Å²) >= 11 is 1.34. The third-order valence-electron chi connectivity index (χ3n) is 1.87. The van der Waals surface area contributed by atoms with Crippen molar-refractivity contribution < 1.29 is 0 Å². The summed E-state index contributed by atoms with van der Waals surface area (Å²) in [5, 5.41) is 0.496. The van der Waals surface area contributed by atoms with E-state index in [0.29, 0.717) is 22.5 Å². The van der Waals surface area contributed by atoms with Crippen molar-refractivity contribution in [3.63, 3.8) is 0 Å². The number of nitrogens with two attached hydrogens (primary N) is 3. The first-order valence-corrected chi connectivity index (χ1v) is 5.39. The second kappa shape index (κ2) is 4.28. The summed E-state index contributed by atoms with van der Waals surface area (Å²) in [7, 11) is 0. The number of para-hydroxylation sites is 1. The third-order valence-corrected chi connectivity index (χ3v) is 2.82. The summed E-state index contributed by atoms with van der Waals surface area (Å²) < 4.78 is 0. The standard InChI is InChI=1S/C10H11N5S/c11-6-3-1-2-4-7(6)16-10-14-8(12)5-9(13)15-10/h1-5H,11H2,(H4,12,13,14,15). The summed E-state index contributed by atoms with van der Waals surface area (Å²) in [6.45, 7) is 0. The van der Waals surface area contributed by atoms with Gasteiger partial charge in [0.1, 0.15) is 11.6 Å². The van der Waals surface area contributed by atoms with Gasteiger partial charge in [0.2, 0.25) is 0 Å². The Kier molecular flexibility index (Phi) is 2.82. The Balaban J connectivity index is 2.30. The van der Waals surface area contributed by atoms with Gasteiger partial charge in [-0.15, -0.1) is 0 Å². The van der Waals surface area contributed by atoms with Crippen molar-refractivity contribution >= 4 is 29.1 Å². The van der Waals surface area contributed by atoms with Crippen molar-refractivity contribution in [2.75, 3.05) is 17.2 Å². The van der Waals surface area contributed by atoms with Gasteiger partial charge in [-0.05, 0) is 23.9 Å². The lowest BCUT2D eigenvalue weighted by molar-refractivity contribution is 0.985. The molecule has 5 nitrogen and oxygen atoms in total. The Bertz CT molecular complexity index is 494. The first-order valence-electron chi connectivity index (χ1n) is 4.57. The molecule has 6 N–H and O–H groups in total. The summed E-state index contributed by atoms with van der Waals surface area (Å²) in [4.78, 5) is 9.01. The number of hydrogen-bond donors (Lipinski definition) is 3. The predicted octanol–water partition coefficient (Wildman–Crippen LogP) is 1.37. The molecule has 1 aromatic heterocycles. The summed E-state index contributed by atoms with van der Waals surface area (Å²) in [5.41, 5.74) is 17.6. The van der Waals surface area contributed by atoms with E-state index in [2.05, 4.69) is 9.97 Å². The van der Waals surface area contributed by atoms with E-state index in [4.69, 9.17) is 17.2 Å². The number of aromatic nitrogens is 2. The molecule has 16 heavy (non-hydrogen) atoms. The molecule has 1 aromatic carbocycles. The van der Waals surface area contributed by atoms with E-state index in [0.717, 1.165) is 4.90 Å². The molecule has 1 heterocycles. The number of nitrogen functional groups attached to an aromatic ring is 3. The van der Waals surface area contributed by atoms with Gasteiger partial charge in [-0.2, -0.15) is 0 Å². The molecule has 0 aliphatic heterocycles. The van der Waals surface area contributed by atoms with Crippen LogP contribution in [0, 0.1) is 0 Å². The Labute approximate surface area is 97.1 Å². The highest BCUT2D eigenvalue weighted by Crippen LogP contribution is 2.30. The SMILES string of the molecule is Nc1cc(N)nc(Sc2ccccc2N)n1. The van der Waals surface area contributed by atoms with E-state index >= 15 is 0 Å². The van der Waals surface area contributed by atoms with Crippen molar-refractivity contribution in [2.24, 2.45) is 0 Å². The van der Waals surface area contributed by atoms with Crippen molar-refractivity contribution in [3.8, 4) is 0 Å². The fraction of sp³-hybridized carbons (Fsp3) is 0. The van der Waals surface area contributed by atoms with Gasteiger partial charge in [0.05, 0.1) is 0 Å². The first-order chi connectivity index (χ1) is 7.65. The highest BCUT2D eigenvalue weighted by atomic mass is 32.2. The molecule has 0 aliphatic carbocycles. The van der Waals surface area contributed by atoms with Crippen molar-refractivity contribution in [3.05, 3.63) is 30.3 Å². The van der Waals surface area contributed by atoms with Crippen LogP contribution >= 0.6 is 11.8 Å². The minimum absolute atomic E-state index is 0.351. The quantitative estimate of drug-likeness (QED) is 0.534. The topological polar surface area (TPSA) is 104 Å². The lowest BCUT2D eigenvalue weighted by Gasteiger charge is -2.04. The van der Waals surface area contributed by atoms with E-state index in [9.17, 15) is 0 Å². The molecule has 2 rings (SSSR count). The van der Waals surface area contributed by atoms with Crippen molar-refractivity contribution in [1.82, 2.24) is 9.97 Å². The molecule has 6 heteroatoms. The molecule has 0 radical (unpaired) electrons. The maximum absolute atomic E-state index is 5.81. The van der Waals surface area contributed by atoms with Crippen LogP contribution in [-0.2, 0) is 0 Å². The molecule has 0 unspecified atom stereocenters. The maximum Gasteiger partial charge on any atom is 0.196 e. The molecule has 2 aromatic rings. The number of benzene rings is 1. The van der Waals surface area contributed by atoms with E-state index < -0.39 is 0 Å². The molecule has 0 bridgehead atoms. The first kappa shape index (κ1) is 10.6. The lowest BCUT2D eigenvalue weighted by atomic mass is 10.3. The van der Waals surface area contributed by atoms with Crippen LogP contribution in [0.2, 0.25) is 0 Å². The minimum atomic E-state index is 0.351. The summed E-state index contributed by atoms with van der Waals surface area (Å²) in [6.07, 6.45) is 0. The van der Waals surface area contributed by atoms with Crippen LogP contribution in [0.5, 0.6) is 0 Å². The van der Waals surface area contributed by atoms with Crippen LogP contribution in [0.4, 0.5) is 17.3 Å². The fourth-order valence-corrected chi connectivity index (χ4v) is 2.01. The average molecular weight is 233 g/mol. The van der Waals surface area contributed by atoms with Gasteiger partial charge in [-0.3, -0.25) is 0 Å². The van der Waals surface area contributed by atoms with Crippen LogP contribution < -0.4 is 17.2 Å². The van der Waals surface area contributed by atoms with E-state index in [1.165, 1.54) is 17.8 Å². The zero-order valence-electron chi connectivity index (χ0n) is 8.42. The maximum atomic E-state index is 5.81. The van der Waals surface area contributed by atoms with Gasteiger partial charge < -0.3 is 17.2 Å². The number of rotatable bonds is 2. The Hall–Kier alpha value is -1.95. The van der Waals surface area contributed by atoms with Crippen LogP contribution in [0.1, 0.15) is 0 Å². The molecule has 82 valence electrons. The highest BCUT2D eigenvalue weighted by Gasteiger charge is 2.05. The molecule has 0 saturated carbocycles. The molecule has 0 amide bonds. The average Bonchev–Trinajstić information content (AvgIpc) is 2.20. The normalized spacial score (nSPS) is 10.2. The van der Waals surface area contributed by atoms with Crippen LogP contribution in [0.25, 0.3) is 0 Å². The molecular formula is C10H11N5S. The van der Waals surface area contributed by atoms with Gasteiger partial charge >= 0.3 is 0 Å². The van der Waals surface area contributed by atoms with Crippen LogP contribution in [-0.4, -0.2) is 9.97 Å². The van der Waals surface area contributed by atoms with Gasteiger partial charge in [-0.1, -0.05) is 12.1 Å². The van der Waals surface area contributed by atoms with Gasteiger partial charge in [-0.25, -0.2) is 9.97 Å². The summed E-state index contributed by atoms with van der Waals surface area (Å²) in [5.74, 6) is 0.703. The predicted molar refractivity (Wildman–Crippen MR) is 65.8 cm³/mol. The molecule has 0 aliphatic rings. The zero-order valence-corrected chi connectivity index (χ0v) is 9.24. The molecule has 0 saturated heterocycles. The van der Waals surface area contributed by atoms with E-state index in [1.54, 1.807) is 0 Å². The zero-order chi connectivity index (χ0) is 11.5. The monoisotopic (exact) mass is 233 g/mol. The number of hydrogen-bond acceptors (Lipinski definition) is 6. The van der Waals surface area contributed by atoms with E-state index in [1.807, 2.05) is 24.3 Å². The van der Waals surface area contributed by atoms with Crippen LogP contribution in [0.3, 0.4) is 0 Å². The third kappa shape index (κ3) is 2.34. The Morgan fingerprint density at radius 2 is 1.56 bits per heavy atom. The van der Waals surface area contributed by atoms with Crippen molar-refractivity contribution in [2.45, 2.75) is 10.1 Å². The fourth-order valence-electron chi connectivity index (χ4n) is 1.18. The van der Waals surface area contributed by atoms with Gasteiger partial charge in [0.15, 0.2) is 5.16 Å². The largest absolute Gasteiger partial charge is 0.398 e. The Morgan fingerprint density at radius 1 is 0.938 bits per heavy atom. The van der Waals surface area contributed by atoms with Gasteiger partial charge in [0, 0.05) is 16.6 Å². The Morgan fingerprint density at radius 3 is 2.19 bits per heavy atom. The summed E-state index contributed by atoms with van der Waals surface area (Å²) in [6, 6.07) is 8.99. The van der Waals surface area contributed by atoms with Gasteiger partial charge in [0.25, 0.3) is 0 Å². The molecular weight excluding hydrogens is 222 g/mol.